The minimum absolute atomic E-state index is 0.0753. The zero-order chi connectivity index (χ0) is 20.2. The van der Waals surface area contributed by atoms with Gasteiger partial charge in [0.15, 0.2) is 5.65 Å². The normalized spacial score (nSPS) is 13.6. The summed E-state index contributed by atoms with van der Waals surface area (Å²) in [6, 6.07) is 13.9. The lowest BCUT2D eigenvalue weighted by Crippen LogP contribution is -2.04. The van der Waals surface area contributed by atoms with Gasteiger partial charge in [-0.3, -0.25) is 9.36 Å². The molecule has 1 N–H and O–H groups in total. The van der Waals surface area contributed by atoms with Crippen molar-refractivity contribution in [1.29, 1.82) is 0 Å². The Kier molecular flexibility index (Phi) is 3.70. The Hall–Kier alpha value is -3.68. The number of fused-ring (bicyclic) bond motifs is 2. The molecule has 29 heavy (non-hydrogen) atoms. The number of alkyl halides is 3. The average molecular weight is 394 g/mol. The molecule has 8 heteroatoms. The molecule has 4 aromatic rings. The van der Waals surface area contributed by atoms with E-state index < -0.39 is 11.7 Å². The zero-order valence-electron chi connectivity index (χ0n) is 14.9. The van der Waals surface area contributed by atoms with Crippen molar-refractivity contribution >= 4 is 22.8 Å². The lowest BCUT2D eigenvalue weighted by molar-refractivity contribution is -0.137. The first-order valence-electron chi connectivity index (χ1n) is 8.84. The predicted octanol–water partition coefficient (Wildman–Crippen LogP) is 4.60. The Labute approximate surface area is 162 Å². The number of amides is 1. The summed E-state index contributed by atoms with van der Waals surface area (Å²) in [5.74, 6) is 0.401. The highest BCUT2D eigenvalue weighted by atomic mass is 19.4. The highest BCUT2D eigenvalue weighted by molar-refractivity contribution is 5.99. The van der Waals surface area contributed by atoms with Crippen molar-refractivity contribution in [2.45, 2.75) is 12.6 Å². The average Bonchev–Trinajstić information content (AvgIpc) is 3.26. The van der Waals surface area contributed by atoms with E-state index in [2.05, 4.69) is 15.3 Å². The molecule has 1 aliphatic heterocycles. The summed E-state index contributed by atoms with van der Waals surface area (Å²) in [5.41, 5.74) is 3.36. The van der Waals surface area contributed by atoms with Gasteiger partial charge in [0.1, 0.15) is 11.3 Å². The van der Waals surface area contributed by atoms with Gasteiger partial charge in [-0.25, -0.2) is 9.97 Å². The molecule has 0 atom stereocenters. The summed E-state index contributed by atoms with van der Waals surface area (Å²) >= 11 is 0. The summed E-state index contributed by atoms with van der Waals surface area (Å²) in [5, 5.41) is 2.79. The van der Waals surface area contributed by atoms with Gasteiger partial charge in [-0.2, -0.15) is 13.2 Å². The summed E-state index contributed by atoms with van der Waals surface area (Å²) in [4.78, 5) is 20.7. The molecule has 0 aliphatic carbocycles. The minimum atomic E-state index is -4.40. The summed E-state index contributed by atoms with van der Waals surface area (Å²) in [6.45, 7) is 0. The number of aromatic nitrogens is 3. The van der Waals surface area contributed by atoms with Crippen molar-refractivity contribution in [3.63, 3.8) is 0 Å². The standard InChI is InChI=1S/C21H13F3N4O/c22-21(23,24)14-5-3-12(4-6-14)19-27-17-2-1-9-25-20(17)28(19)15-7-8-16-13(10-15)11-18(29)26-16/h1-10H,11H2,(H,26,29). The number of halogens is 3. The largest absolute Gasteiger partial charge is 0.416 e. The molecule has 0 fully saturated rings. The molecular weight excluding hydrogens is 381 g/mol. The smallest absolute Gasteiger partial charge is 0.326 e. The summed E-state index contributed by atoms with van der Waals surface area (Å²) in [7, 11) is 0. The molecular formula is C21H13F3N4O. The lowest BCUT2D eigenvalue weighted by atomic mass is 10.1. The Morgan fingerprint density at radius 1 is 1.03 bits per heavy atom. The first-order chi connectivity index (χ1) is 13.9. The monoisotopic (exact) mass is 394 g/mol. The number of anilines is 1. The molecule has 3 heterocycles. The second kappa shape index (κ2) is 6.16. The van der Waals surface area contributed by atoms with Crippen molar-refractivity contribution in [2.24, 2.45) is 0 Å². The van der Waals surface area contributed by atoms with Crippen molar-refractivity contribution in [2.75, 3.05) is 5.32 Å². The molecule has 0 spiro atoms. The van der Waals surface area contributed by atoms with Crippen LogP contribution in [0.3, 0.4) is 0 Å². The number of carbonyl (C=O) groups is 1. The van der Waals surface area contributed by atoms with Crippen LogP contribution in [0.15, 0.2) is 60.8 Å². The number of carbonyl (C=O) groups excluding carboxylic acids is 1. The molecule has 0 saturated heterocycles. The van der Waals surface area contributed by atoms with Crippen LogP contribution in [0.5, 0.6) is 0 Å². The molecule has 2 aromatic carbocycles. The van der Waals surface area contributed by atoms with Crippen LogP contribution in [0.2, 0.25) is 0 Å². The van der Waals surface area contributed by atoms with Crippen LogP contribution < -0.4 is 5.32 Å². The maximum Gasteiger partial charge on any atom is 0.416 e. The van der Waals surface area contributed by atoms with Crippen LogP contribution in [0.25, 0.3) is 28.2 Å². The number of imidazole rings is 1. The first kappa shape index (κ1) is 17.4. The van der Waals surface area contributed by atoms with Gasteiger partial charge in [-0.1, -0.05) is 12.1 Å². The van der Waals surface area contributed by atoms with Gasteiger partial charge in [-0.15, -0.1) is 0 Å². The number of benzene rings is 2. The number of nitrogens with zero attached hydrogens (tertiary/aromatic N) is 3. The molecule has 1 aliphatic rings. The molecule has 2 aromatic heterocycles. The maximum absolute atomic E-state index is 12.9. The van der Waals surface area contributed by atoms with Gasteiger partial charge >= 0.3 is 6.18 Å². The number of hydrogen-bond donors (Lipinski definition) is 1. The van der Waals surface area contributed by atoms with E-state index in [9.17, 15) is 18.0 Å². The summed E-state index contributed by atoms with van der Waals surface area (Å²) < 4.78 is 40.6. The minimum Gasteiger partial charge on any atom is -0.326 e. The third-order valence-electron chi connectivity index (χ3n) is 4.86. The number of rotatable bonds is 2. The Morgan fingerprint density at radius 2 is 1.83 bits per heavy atom. The Bertz CT molecular complexity index is 1260. The highest BCUT2D eigenvalue weighted by Gasteiger charge is 2.30. The zero-order valence-corrected chi connectivity index (χ0v) is 14.9. The van der Waals surface area contributed by atoms with Gasteiger partial charge in [0.25, 0.3) is 0 Å². The van der Waals surface area contributed by atoms with E-state index in [4.69, 9.17) is 0 Å². The van der Waals surface area contributed by atoms with Crippen LogP contribution in [-0.2, 0) is 17.4 Å². The van der Waals surface area contributed by atoms with E-state index in [1.807, 2.05) is 12.1 Å². The molecule has 0 radical (unpaired) electrons. The number of hydrogen-bond acceptors (Lipinski definition) is 3. The second-order valence-corrected chi connectivity index (χ2v) is 6.76. The highest BCUT2D eigenvalue weighted by Crippen LogP contribution is 2.34. The van der Waals surface area contributed by atoms with Crippen LogP contribution in [0.1, 0.15) is 11.1 Å². The molecule has 144 valence electrons. The van der Waals surface area contributed by atoms with Crippen molar-refractivity contribution in [3.8, 4) is 17.1 Å². The van der Waals surface area contributed by atoms with Crippen LogP contribution >= 0.6 is 0 Å². The van der Waals surface area contributed by atoms with Gasteiger partial charge in [-0.05, 0) is 48.0 Å². The molecule has 1 amide bonds. The van der Waals surface area contributed by atoms with Gasteiger partial charge in [0, 0.05) is 23.1 Å². The Morgan fingerprint density at radius 3 is 2.59 bits per heavy atom. The quantitative estimate of drug-likeness (QED) is 0.541. The fourth-order valence-electron chi connectivity index (χ4n) is 3.51. The Balaban J connectivity index is 1.70. The van der Waals surface area contributed by atoms with E-state index >= 15 is 0 Å². The van der Waals surface area contributed by atoms with Crippen molar-refractivity contribution in [1.82, 2.24) is 14.5 Å². The van der Waals surface area contributed by atoms with Crippen LogP contribution in [0.4, 0.5) is 18.9 Å². The maximum atomic E-state index is 12.9. The number of nitrogens with one attached hydrogen (secondary N) is 1. The fourth-order valence-corrected chi connectivity index (χ4v) is 3.51. The summed E-state index contributed by atoms with van der Waals surface area (Å²) in [6.07, 6.45) is -2.49. The van der Waals surface area contributed by atoms with E-state index in [1.165, 1.54) is 12.1 Å². The molecule has 5 nitrogen and oxygen atoms in total. The second-order valence-electron chi connectivity index (χ2n) is 6.76. The third-order valence-corrected chi connectivity index (χ3v) is 4.86. The topological polar surface area (TPSA) is 59.8 Å². The van der Waals surface area contributed by atoms with E-state index in [0.29, 0.717) is 22.6 Å². The van der Waals surface area contributed by atoms with Crippen LogP contribution in [0, 0.1) is 0 Å². The van der Waals surface area contributed by atoms with E-state index in [-0.39, 0.29) is 12.3 Å². The molecule has 0 bridgehead atoms. The van der Waals surface area contributed by atoms with Gasteiger partial charge in [0.05, 0.1) is 12.0 Å². The fraction of sp³-hybridized carbons (Fsp3) is 0.0952. The molecule has 0 unspecified atom stereocenters. The van der Waals surface area contributed by atoms with E-state index in [0.717, 1.165) is 29.1 Å². The molecule has 5 rings (SSSR count). The van der Waals surface area contributed by atoms with Crippen molar-refractivity contribution in [3.05, 3.63) is 71.9 Å². The van der Waals surface area contributed by atoms with Gasteiger partial charge < -0.3 is 5.32 Å². The lowest BCUT2D eigenvalue weighted by Gasteiger charge is -2.11. The first-order valence-corrected chi connectivity index (χ1v) is 8.84. The van der Waals surface area contributed by atoms with E-state index in [1.54, 1.807) is 29.0 Å². The predicted molar refractivity (Wildman–Crippen MR) is 102 cm³/mol. The van der Waals surface area contributed by atoms with Crippen molar-refractivity contribution < 1.29 is 18.0 Å². The molecule has 0 saturated carbocycles. The van der Waals surface area contributed by atoms with Crippen LogP contribution in [-0.4, -0.2) is 20.4 Å². The SMILES string of the molecule is O=C1Cc2cc(-n3c(-c4ccc(C(F)(F)F)cc4)nc4cccnc43)ccc2N1. The number of pyridine rings is 1. The third kappa shape index (κ3) is 2.93. The van der Waals surface area contributed by atoms with Gasteiger partial charge in [0.2, 0.25) is 5.91 Å².